The van der Waals surface area contributed by atoms with Crippen molar-refractivity contribution in [2.24, 2.45) is 0 Å². The molecule has 1 amide bonds. The smallest absolute Gasteiger partial charge is 0.224 e. The molecule has 1 aromatic heterocycles. The lowest BCUT2D eigenvalue weighted by Gasteiger charge is -2.36. The largest absolute Gasteiger partial charge is 0.334 e. The molecule has 0 radical (unpaired) electrons. The van der Waals surface area contributed by atoms with Gasteiger partial charge in [-0.2, -0.15) is 0 Å². The Labute approximate surface area is 147 Å². The minimum absolute atomic E-state index is 0.0965. The summed E-state index contributed by atoms with van der Waals surface area (Å²) in [5, 5.41) is 3.30. The zero-order valence-corrected chi connectivity index (χ0v) is 14.8. The van der Waals surface area contributed by atoms with E-state index in [1.54, 1.807) is 12.3 Å². The number of carbonyl (C=O) groups excluding carboxylic acids is 1. The summed E-state index contributed by atoms with van der Waals surface area (Å²) in [4.78, 5) is 19.1. The Bertz CT molecular complexity index is 728. The molecule has 1 aromatic carbocycles. The third kappa shape index (κ3) is 4.07. The maximum atomic E-state index is 13.6. The van der Waals surface area contributed by atoms with E-state index in [9.17, 15) is 9.18 Å². The fourth-order valence-corrected chi connectivity index (χ4v) is 3.38. The zero-order valence-electron chi connectivity index (χ0n) is 14.8. The van der Waals surface area contributed by atoms with Crippen molar-refractivity contribution in [3.63, 3.8) is 0 Å². The highest BCUT2D eigenvalue weighted by atomic mass is 19.1. The molecule has 5 nitrogen and oxygen atoms in total. The van der Waals surface area contributed by atoms with Crippen LogP contribution in [-0.4, -0.2) is 40.0 Å². The van der Waals surface area contributed by atoms with Crippen LogP contribution >= 0.6 is 0 Å². The normalized spacial score (nSPS) is 17.9. The Morgan fingerprint density at radius 1 is 1.44 bits per heavy atom. The van der Waals surface area contributed by atoms with Gasteiger partial charge in [0.05, 0.1) is 6.04 Å². The monoisotopic (exact) mass is 344 g/mol. The Morgan fingerprint density at radius 3 is 3.04 bits per heavy atom. The minimum Gasteiger partial charge on any atom is -0.334 e. The van der Waals surface area contributed by atoms with E-state index in [2.05, 4.69) is 24.1 Å². The second-order valence-electron chi connectivity index (χ2n) is 6.75. The van der Waals surface area contributed by atoms with Crippen LogP contribution in [0.3, 0.4) is 0 Å². The van der Waals surface area contributed by atoms with Gasteiger partial charge in [0.2, 0.25) is 5.91 Å². The van der Waals surface area contributed by atoms with E-state index < -0.39 is 0 Å². The van der Waals surface area contributed by atoms with E-state index in [4.69, 9.17) is 0 Å². The second-order valence-corrected chi connectivity index (χ2v) is 6.75. The minimum atomic E-state index is -0.268. The number of nitrogens with one attached hydrogen (secondary N) is 1. The number of aryl methyl sites for hydroxylation is 1. The summed E-state index contributed by atoms with van der Waals surface area (Å²) < 4.78 is 15.6. The maximum Gasteiger partial charge on any atom is 0.224 e. The number of amides is 1. The number of piperazine rings is 1. The Kier molecular flexibility index (Phi) is 5.48. The fourth-order valence-electron chi connectivity index (χ4n) is 3.38. The van der Waals surface area contributed by atoms with Crippen LogP contribution in [0.4, 0.5) is 4.39 Å². The summed E-state index contributed by atoms with van der Waals surface area (Å²) in [6.45, 7) is 6.86. The SMILES string of the molecule is CC(C)c1nccn1CCC(=O)N1CCNCC1c1cccc(F)c1. The molecule has 3 rings (SSSR count). The second kappa shape index (κ2) is 7.78. The van der Waals surface area contributed by atoms with E-state index in [0.717, 1.165) is 17.9 Å². The van der Waals surface area contributed by atoms with E-state index >= 15 is 0 Å². The van der Waals surface area contributed by atoms with Crippen molar-refractivity contribution in [1.29, 1.82) is 0 Å². The zero-order chi connectivity index (χ0) is 17.8. The molecule has 6 heteroatoms. The molecule has 0 aliphatic carbocycles. The molecule has 1 aliphatic heterocycles. The van der Waals surface area contributed by atoms with Gasteiger partial charge in [0.15, 0.2) is 0 Å². The fraction of sp³-hybridized carbons (Fsp3) is 0.474. The van der Waals surface area contributed by atoms with Crippen LogP contribution in [0.15, 0.2) is 36.7 Å². The van der Waals surface area contributed by atoms with Crippen molar-refractivity contribution in [1.82, 2.24) is 19.8 Å². The molecular weight excluding hydrogens is 319 g/mol. The lowest BCUT2D eigenvalue weighted by atomic mass is 10.0. The summed E-state index contributed by atoms with van der Waals surface area (Å²) in [7, 11) is 0. The van der Waals surface area contributed by atoms with Crippen molar-refractivity contribution < 1.29 is 9.18 Å². The first-order valence-corrected chi connectivity index (χ1v) is 8.83. The molecule has 2 aromatic rings. The van der Waals surface area contributed by atoms with Crippen LogP contribution in [0.5, 0.6) is 0 Å². The molecule has 0 bridgehead atoms. The molecule has 1 aliphatic rings. The van der Waals surface area contributed by atoms with Gasteiger partial charge < -0.3 is 14.8 Å². The number of benzene rings is 1. The first-order chi connectivity index (χ1) is 12.1. The summed E-state index contributed by atoms with van der Waals surface area (Å²) in [5.74, 6) is 1.15. The van der Waals surface area contributed by atoms with Crippen LogP contribution in [0.2, 0.25) is 0 Å². The lowest BCUT2D eigenvalue weighted by Crippen LogP contribution is -2.48. The molecule has 2 heterocycles. The topological polar surface area (TPSA) is 50.2 Å². The van der Waals surface area contributed by atoms with Crippen LogP contribution < -0.4 is 5.32 Å². The Balaban J connectivity index is 1.69. The molecule has 1 N–H and O–H groups in total. The van der Waals surface area contributed by atoms with Crippen LogP contribution in [0.1, 0.15) is 43.6 Å². The average Bonchev–Trinajstić information content (AvgIpc) is 3.08. The summed E-state index contributed by atoms with van der Waals surface area (Å²) in [6.07, 6.45) is 4.12. The Morgan fingerprint density at radius 2 is 2.28 bits per heavy atom. The number of hydrogen-bond acceptors (Lipinski definition) is 3. The summed E-state index contributed by atoms with van der Waals surface area (Å²) in [6, 6.07) is 6.41. The number of rotatable bonds is 5. The lowest BCUT2D eigenvalue weighted by molar-refractivity contribution is -0.134. The van der Waals surface area contributed by atoms with Crippen molar-refractivity contribution in [2.75, 3.05) is 19.6 Å². The van der Waals surface area contributed by atoms with Gasteiger partial charge in [-0.15, -0.1) is 0 Å². The van der Waals surface area contributed by atoms with Gasteiger partial charge in [-0.05, 0) is 17.7 Å². The third-order valence-electron chi connectivity index (χ3n) is 4.63. The molecule has 25 heavy (non-hydrogen) atoms. The molecule has 1 saturated heterocycles. The van der Waals surface area contributed by atoms with Gasteiger partial charge in [-0.3, -0.25) is 4.79 Å². The molecule has 1 unspecified atom stereocenters. The number of halogens is 1. The van der Waals surface area contributed by atoms with Gasteiger partial charge in [0.1, 0.15) is 11.6 Å². The maximum absolute atomic E-state index is 13.6. The van der Waals surface area contributed by atoms with E-state index in [1.807, 2.05) is 21.7 Å². The van der Waals surface area contributed by atoms with Crippen LogP contribution in [0.25, 0.3) is 0 Å². The van der Waals surface area contributed by atoms with Crippen molar-refractivity contribution >= 4 is 5.91 Å². The number of nitrogens with zero attached hydrogens (tertiary/aromatic N) is 3. The van der Waals surface area contributed by atoms with Crippen molar-refractivity contribution in [3.8, 4) is 0 Å². The van der Waals surface area contributed by atoms with Gasteiger partial charge in [-0.25, -0.2) is 9.37 Å². The van der Waals surface area contributed by atoms with Gasteiger partial charge >= 0.3 is 0 Å². The third-order valence-corrected chi connectivity index (χ3v) is 4.63. The average molecular weight is 344 g/mol. The predicted molar refractivity (Wildman–Crippen MR) is 94.7 cm³/mol. The first-order valence-electron chi connectivity index (χ1n) is 8.83. The van der Waals surface area contributed by atoms with Gasteiger partial charge in [0, 0.05) is 50.9 Å². The van der Waals surface area contributed by atoms with Crippen LogP contribution in [-0.2, 0) is 11.3 Å². The number of carbonyl (C=O) groups is 1. The summed E-state index contributed by atoms with van der Waals surface area (Å²) in [5.41, 5.74) is 0.839. The highest BCUT2D eigenvalue weighted by Crippen LogP contribution is 2.24. The highest BCUT2D eigenvalue weighted by Gasteiger charge is 2.27. The van der Waals surface area contributed by atoms with Gasteiger partial charge in [0.25, 0.3) is 0 Å². The quantitative estimate of drug-likeness (QED) is 0.907. The number of aromatic nitrogens is 2. The number of hydrogen-bond donors (Lipinski definition) is 1. The first kappa shape index (κ1) is 17.6. The summed E-state index contributed by atoms with van der Waals surface area (Å²) >= 11 is 0. The molecule has 0 spiro atoms. The molecular formula is C19H25FN4O. The number of imidazole rings is 1. The highest BCUT2D eigenvalue weighted by molar-refractivity contribution is 5.77. The molecule has 1 atom stereocenters. The predicted octanol–water partition coefficient (Wildman–Crippen LogP) is 2.71. The van der Waals surface area contributed by atoms with E-state index in [-0.39, 0.29) is 17.8 Å². The van der Waals surface area contributed by atoms with Crippen LogP contribution in [0, 0.1) is 5.82 Å². The van der Waals surface area contributed by atoms with E-state index in [1.165, 1.54) is 12.1 Å². The molecule has 0 saturated carbocycles. The van der Waals surface area contributed by atoms with Crippen molar-refractivity contribution in [3.05, 3.63) is 53.9 Å². The van der Waals surface area contributed by atoms with Crippen molar-refractivity contribution in [2.45, 2.75) is 38.8 Å². The molecule has 134 valence electrons. The standard InChI is InChI=1S/C19H25FN4O/c1-14(2)19-22-8-10-23(19)9-6-18(25)24-11-7-21-13-17(24)15-4-3-5-16(20)12-15/h3-5,8,10,12,14,17,21H,6-7,9,11,13H2,1-2H3. The Hall–Kier alpha value is -2.21. The van der Waals surface area contributed by atoms with Gasteiger partial charge in [-0.1, -0.05) is 26.0 Å². The molecule has 1 fully saturated rings. The van der Waals surface area contributed by atoms with E-state index in [0.29, 0.717) is 32.0 Å².